The Morgan fingerprint density at radius 1 is 1.33 bits per heavy atom. The zero-order valence-corrected chi connectivity index (χ0v) is 7.48. The Morgan fingerprint density at radius 3 is 2.67 bits per heavy atom. The van der Waals surface area contributed by atoms with Crippen molar-refractivity contribution in [3.05, 3.63) is 24.3 Å². The SMILES string of the molecule is O=S1(=O)N[S+]([O-])c2ccccc21. The number of fused-ring (bicyclic) bond motifs is 1. The Morgan fingerprint density at radius 2 is 2.00 bits per heavy atom. The molecular formula is C6H5NO3S2. The molecule has 1 aromatic carbocycles. The molecule has 0 spiro atoms. The summed E-state index contributed by atoms with van der Waals surface area (Å²) in [6.07, 6.45) is 0. The van der Waals surface area contributed by atoms with E-state index in [0.29, 0.717) is 4.90 Å². The van der Waals surface area contributed by atoms with Crippen LogP contribution >= 0.6 is 0 Å². The molecule has 1 N–H and O–H groups in total. The van der Waals surface area contributed by atoms with Crippen LogP contribution in [0.3, 0.4) is 0 Å². The fraction of sp³-hybridized carbons (Fsp3) is 0. The number of benzene rings is 1. The highest BCUT2D eigenvalue weighted by molar-refractivity contribution is 8.07. The molecule has 2 rings (SSSR count). The van der Waals surface area contributed by atoms with E-state index >= 15 is 0 Å². The van der Waals surface area contributed by atoms with Crippen molar-refractivity contribution in [3.8, 4) is 0 Å². The Balaban J connectivity index is 2.74. The first-order valence-electron chi connectivity index (χ1n) is 3.14. The maximum atomic E-state index is 11.2. The van der Waals surface area contributed by atoms with Gasteiger partial charge in [-0.15, -0.1) is 0 Å². The highest BCUT2D eigenvalue weighted by Crippen LogP contribution is 2.27. The van der Waals surface area contributed by atoms with Gasteiger partial charge in [0, 0.05) is 0 Å². The van der Waals surface area contributed by atoms with Gasteiger partial charge >= 0.3 is 0 Å². The van der Waals surface area contributed by atoms with E-state index in [2.05, 4.69) is 0 Å². The van der Waals surface area contributed by atoms with Crippen molar-refractivity contribution in [2.45, 2.75) is 9.79 Å². The lowest BCUT2D eigenvalue weighted by Crippen LogP contribution is -2.21. The van der Waals surface area contributed by atoms with Gasteiger partial charge in [0.15, 0.2) is 4.90 Å². The predicted octanol–water partition coefficient (Wildman–Crippen LogP) is 0.00110. The zero-order valence-electron chi connectivity index (χ0n) is 5.85. The van der Waals surface area contributed by atoms with Crippen molar-refractivity contribution >= 4 is 21.4 Å². The van der Waals surface area contributed by atoms with E-state index in [1.165, 1.54) is 12.1 Å². The van der Waals surface area contributed by atoms with Crippen LogP contribution in [-0.4, -0.2) is 13.0 Å². The topological polar surface area (TPSA) is 69.2 Å². The lowest BCUT2D eigenvalue weighted by molar-refractivity contribution is 0.585. The molecule has 1 heterocycles. The molecule has 0 fully saturated rings. The highest BCUT2D eigenvalue weighted by Gasteiger charge is 2.37. The molecule has 1 aromatic rings. The standard InChI is InChI=1S/C6H5NO3S2/c8-11-5-3-1-2-4-6(5)12(9,10)7-11/h1-4,7H. The summed E-state index contributed by atoms with van der Waals surface area (Å²) in [5, 5.41) is 0. The Bertz CT molecular complexity index is 415. The second-order valence-corrected chi connectivity index (χ2v) is 5.39. The maximum absolute atomic E-state index is 11.2. The molecule has 64 valence electrons. The van der Waals surface area contributed by atoms with Crippen molar-refractivity contribution in [2.24, 2.45) is 0 Å². The molecule has 0 amide bonds. The lowest BCUT2D eigenvalue weighted by Gasteiger charge is -1.96. The van der Waals surface area contributed by atoms with E-state index in [9.17, 15) is 13.0 Å². The predicted molar refractivity (Wildman–Crippen MR) is 43.2 cm³/mol. The van der Waals surface area contributed by atoms with Gasteiger partial charge in [-0.05, 0) is 16.3 Å². The third kappa shape index (κ3) is 1.04. The normalized spacial score (nSPS) is 25.2. The molecule has 1 aliphatic heterocycles. The molecule has 0 bridgehead atoms. The summed E-state index contributed by atoms with van der Waals surface area (Å²) in [7, 11) is -3.50. The molecule has 0 aromatic heterocycles. The molecule has 0 saturated heterocycles. The van der Waals surface area contributed by atoms with Gasteiger partial charge in [0.25, 0.3) is 10.0 Å². The Hall–Kier alpha value is -0.560. The van der Waals surface area contributed by atoms with Gasteiger partial charge in [-0.3, -0.25) is 0 Å². The summed E-state index contributed by atoms with van der Waals surface area (Å²) in [6.45, 7) is 0. The van der Waals surface area contributed by atoms with Crippen LogP contribution in [0.25, 0.3) is 0 Å². The van der Waals surface area contributed by atoms with E-state index in [-0.39, 0.29) is 4.90 Å². The molecule has 6 heteroatoms. The van der Waals surface area contributed by atoms with Gasteiger partial charge in [0.2, 0.25) is 0 Å². The van der Waals surface area contributed by atoms with Crippen LogP contribution in [0.2, 0.25) is 0 Å². The quantitative estimate of drug-likeness (QED) is 0.603. The zero-order chi connectivity index (χ0) is 8.77. The summed E-state index contributed by atoms with van der Waals surface area (Å²) in [5.74, 6) is 0. The number of hydrogen-bond acceptors (Lipinski definition) is 3. The summed E-state index contributed by atoms with van der Waals surface area (Å²) >= 11 is -1.61. The minimum Gasteiger partial charge on any atom is -0.592 e. The van der Waals surface area contributed by atoms with Crippen LogP contribution in [0.15, 0.2) is 34.1 Å². The van der Waals surface area contributed by atoms with Crippen molar-refractivity contribution in [3.63, 3.8) is 0 Å². The minimum atomic E-state index is -3.50. The van der Waals surface area contributed by atoms with Gasteiger partial charge in [-0.1, -0.05) is 12.1 Å². The summed E-state index contributed by atoms with van der Waals surface area (Å²) in [6, 6.07) is 6.21. The minimum absolute atomic E-state index is 0.114. The van der Waals surface area contributed by atoms with Crippen LogP contribution in [0.5, 0.6) is 0 Å². The second kappa shape index (κ2) is 2.46. The molecule has 0 saturated carbocycles. The maximum Gasteiger partial charge on any atom is 0.285 e. The molecule has 1 atom stereocenters. The smallest absolute Gasteiger partial charge is 0.285 e. The summed E-state index contributed by atoms with van der Waals surface area (Å²) in [5.41, 5.74) is 0. The van der Waals surface area contributed by atoms with E-state index in [4.69, 9.17) is 0 Å². The number of sulfonamides is 1. The number of nitrogens with one attached hydrogen (secondary N) is 1. The molecule has 1 unspecified atom stereocenters. The first kappa shape index (κ1) is 8.06. The Labute approximate surface area is 73.0 Å². The molecule has 0 radical (unpaired) electrons. The van der Waals surface area contributed by atoms with Crippen LogP contribution in [-0.2, 0) is 21.4 Å². The van der Waals surface area contributed by atoms with E-state index in [1.807, 2.05) is 4.13 Å². The third-order valence-corrected chi connectivity index (χ3v) is 4.83. The fourth-order valence-corrected chi connectivity index (χ4v) is 4.13. The first-order valence-corrected chi connectivity index (χ1v) is 5.78. The van der Waals surface area contributed by atoms with Gasteiger partial charge in [0.1, 0.15) is 4.90 Å². The number of rotatable bonds is 0. The van der Waals surface area contributed by atoms with Crippen molar-refractivity contribution in [2.75, 3.05) is 0 Å². The fourth-order valence-electron chi connectivity index (χ4n) is 1.01. The van der Waals surface area contributed by atoms with Crippen LogP contribution in [0.4, 0.5) is 0 Å². The summed E-state index contributed by atoms with van der Waals surface area (Å²) in [4.78, 5) is 0.445. The number of hydrogen-bond donors (Lipinski definition) is 1. The molecular weight excluding hydrogens is 198 g/mol. The van der Waals surface area contributed by atoms with Gasteiger partial charge in [0.05, 0.1) is 11.4 Å². The van der Waals surface area contributed by atoms with Crippen molar-refractivity contribution in [1.29, 1.82) is 0 Å². The van der Waals surface area contributed by atoms with E-state index < -0.39 is 21.4 Å². The largest absolute Gasteiger partial charge is 0.592 e. The summed E-state index contributed by atoms with van der Waals surface area (Å²) < 4.78 is 35.4. The molecule has 1 aliphatic rings. The second-order valence-electron chi connectivity index (χ2n) is 2.30. The van der Waals surface area contributed by atoms with Gasteiger partial charge in [-0.2, -0.15) is 0 Å². The lowest BCUT2D eigenvalue weighted by atomic mass is 10.4. The molecule has 4 nitrogen and oxygen atoms in total. The highest BCUT2D eigenvalue weighted by atomic mass is 32.3. The molecule has 12 heavy (non-hydrogen) atoms. The third-order valence-electron chi connectivity index (χ3n) is 1.52. The van der Waals surface area contributed by atoms with Gasteiger partial charge < -0.3 is 4.55 Å². The molecule has 0 aliphatic carbocycles. The van der Waals surface area contributed by atoms with E-state index in [0.717, 1.165) is 0 Å². The Kier molecular flexibility index (Phi) is 1.65. The van der Waals surface area contributed by atoms with Crippen molar-refractivity contribution < 1.29 is 13.0 Å². The monoisotopic (exact) mass is 203 g/mol. The average molecular weight is 203 g/mol. The average Bonchev–Trinajstić information content (AvgIpc) is 2.25. The van der Waals surface area contributed by atoms with Crippen LogP contribution in [0, 0.1) is 0 Å². The van der Waals surface area contributed by atoms with Crippen LogP contribution in [0.1, 0.15) is 0 Å². The van der Waals surface area contributed by atoms with E-state index in [1.54, 1.807) is 12.1 Å². The van der Waals surface area contributed by atoms with Crippen molar-refractivity contribution in [1.82, 2.24) is 4.13 Å². The first-order chi connectivity index (χ1) is 5.61. The van der Waals surface area contributed by atoms with Crippen LogP contribution < -0.4 is 4.13 Å². The van der Waals surface area contributed by atoms with Gasteiger partial charge in [-0.25, -0.2) is 8.42 Å².